The van der Waals surface area contributed by atoms with Gasteiger partial charge in [0.2, 0.25) is 0 Å². The van der Waals surface area contributed by atoms with E-state index in [2.05, 4.69) is 20.8 Å². The zero-order valence-corrected chi connectivity index (χ0v) is 14.6. The Labute approximate surface area is 127 Å². The van der Waals surface area contributed by atoms with E-state index >= 15 is 0 Å². The molecule has 0 saturated heterocycles. The summed E-state index contributed by atoms with van der Waals surface area (Å²) in [5.74, 6) is 0. The summed E-state index contributed by atoms with van der Waals surface area (Å²) >= 11 is 4.56. The Morgan fingerprint density at radius 2 is 2.00 bits per heavy atom. The molecular formula is C12H19BrN2O2S2. The quantitative estimate of drug-likeness (QED) is 0.803. The highest BCUT2D eigenvalue weighted by molar-refractivity contribution is 9.10. The Kier molecular flexibility index (Phi) is 4.42. The van der Waals surface area contributed by atoms with Crippen LogP contribution >= 0.6 is 27.3 Å². The van der Waals surface area contributed by atoms with Crippen molar-refractivity contribution in [2.45, 2.75) is 29.0 Å². The van der Waals surface area contributed by atoms with Gasteiger partial charge in [-0.3, -0.25) is 0 Å². The van der Waals surface area contributed by atoms with Gasteiger partial charge < -0.3 is 4.90 Å². The second-order valence-corrected chi connectivity index (χ2v) is 9.30. The first kappa shape index (κ1) is 15.4. The molecule has 0 N–H and O–H groups in total. The standard InChI is InChI=1S/C12H19BrN2O2S2/c1-14(2)12(6-4-7-12)9-15(3)19(16,17)11-10(13)5-8-18-11/h5,8H,4,6-7,9H2,1-3H3. The van der Waals surface area contributed by atoms with Gasteiger partial charge in [0.15, 0.2) is 0 Å². The van der Waals surface area contributed by atoms with Crippen LogP contribution in [0.2, 0.25) is 0 Å². The topological polar surface area (TPSA) is 40.6 Å². The minimum Gasteiger partial charge on any atom is -0.302 e. The highest BCUT2D eigenvalue weighted by Crippen LogP contribution is 2.38. The van der Waals surface area contributed by atoms with Gasteiger partial charge in [-0.2, -0.15) is 4.31 Å². The smallest absolute Gasteiger partial charge is 0.253 e. The number of hydrogen-bond donors (Lipinski definition) is 0. The number of sulfonamides is 1. The molecule has 4 nitrogen and oxygen atoms in total. The van der Waals surface area contributed by atoms with Crippen LogP contribution in [0, 0.1) is 0 Å². The van der Waals surface area contributed by atoms with Crippen LogP contribution in [0.5, 0.6) is 0 Å². The van der Waals surface area contributed by atoms with Gasteiger partial charge in [0.05, 0.1) is 0 Å². The number of thiophene rings is 1. The molecule has 108 valence electrons. The largest absolute Gasteiger partial charge is 0.302 e. The zero-order valence-electron chi connectivity index (χ0n) is 11.4. The van der Waals surface area contributed by atoms with Gasteiger partial charge in [-0.05, 0) is 60.7 Å². The minimum atomic E-state index is -3.39. The van der Waals surface area contributed by atoms with Crippen LogP contribution in [0.4, 0.5) is 0 Å². The van der Waals surface area contributed by atoms with Gasteiger partial charge in [-0.25, -0.2) is 8.42 Å². The van der Waals surface area contributed by atoms with E-state index in [9.17, 15) is 8.42 Å². The molecule has 0 aromatic carbocycles. The SMILES string of the molecule is CN(C)C1(CN(C)S(=O)(=O)c2sccc2Br)CCC1. The molecular weight excluding hydrogens is 348 g/mol. The third-order valence-corrected chi connectivity index (χ3v) is 8.43. The fraction of sp³-hybridized carbons (Fsp3) is 0.667. The normalized spacial score (nSPS) is 18.8. The second kappa shape index (κ2) is 5.44. The lowest BCUT2D eigenvalue weighted by Gasteiger charge is -2.48. The highest BCUT2D eigenvalue weighted by Gasteiger charge is 2.42. The van der Waals surface area contributed by atoms with Crippen LogP contribution in [-0.4, -0.2) is 50.8 Å². The summed E-state index contributed by atoms with van der Waals surface area (Å²) in [6.45, 7) is 0.548. The van der Waals surface area contributed by atoms with Crippen molar-refractivity contribution in [1.82, 2.24) is 9.21 Å². The molecule has 0 amide bonds. The molecule has 0 aliphatic heterocycles. The number of halogens is 1. The molecule has 1 aromatic heterocycles. The summed E-state index contributed by atoms with van der Waals surface area (Å²) in [6.07, 6.45) is 3.30. The van der Waals surface area contributed by atoms with Crippen LogP contribution in [0.1, 0.15) is 19.3 Å². The average molecular weight is 367 g/mol. The van der Waals surface area contributed by atoms with Crippen LogP contribution in [0.3, 0.4) is 0 Å². The van der Waals surface area contributed by atoms with Crippen LogP contribution < -0.4 is 0 Å². The maximum absolute atomic E-state index is 12.5. The first-order valence-corrected chi connectivity index (χ1v) is 9.28. The fourth-order valence-electron chi connectivity index (χ4n) is 2.44. The van der Waals surface area contributed by atoms with Gasteiger partial charge in [0, 0.05) is 23.6 Å². The Bertz CT molecular complexity index is 550. The molecule has 1 aliphatic rings. The lowest BCUT2D eigenvalue weighted by Crippen LogP contribution is -2.57. The van der Waals surface area contributed by atoms with Crippen LogP contribution in [0.15, 0.2) is 20.1 Å². The van der Waals surface area contributed by atoms with E-state index in [1.165, 1.54) is 22.1 Å². The van der Waals surface area contributed by atoms with E-state index in [0.717, 1.165) is 12.8 Å². The summed E-state index contributed by atoms with van der Waals surface area (Å²) in [5, 5.41) is 1.79. The van der Waals surface area contributed by atoms with Gasteiger partial charge in [-0.1, -0.05) is 0 Å². The monoisotopic (exact) mass is 366 g/mol. The molecule has 19 heavy (non-hydrogen) atoms. The summed E-state index contributed by atoms with van der Waals surface area (Å²) in [4.78, 5) is 2.16. The maximum Gasteiger partial charge on any atom is 0.253 e. The van der Waals surface area contributed by atoms with Gasteiger partial charge in [0.25, 0.3) is 10.0 Å². The van der Waals surface area contributed by atoms with Crippen molar-refractivity contribution in [2.24, 2.45) is 0 Å². The molecule has 0 atom stereocenters. The van der Waals surface area contributed by atoms with E-state index in [1.807, 2.05) is 14.1 Å². The predicted octanol–water partition coefficient (Wildman–Crippen LogP) is 2.62. The summed E-state index contributed by atoms with van der Waals surface area (Å²) < 4.78 is 27.6. The lowest BCUT2D eigenvalue weighted by atomic mass is 9.75. The Morgan fingerprint density at radius 3 is 2.37 bits per heavy atom. The third-order valence-electron chi connectivity index (χ3n) is 3.98. The minimum absolute atomic E-state index is 0.00551. The first-order valence-electron chi connectivity index (χ1n) is 6.16. The number of nitrogens with zero attached hydrogens (tertiary/aromatic N) is 2. The third kappa shape index (κ3) is 2.76. The van der Waals surface area contributed by atoms with E-state index in [-0.39, 0.29) is 5.54 Å². The summed E-state index contributed by atoms with van der Waals surface area (Å²) in [6, 6.07) is 1.77. The predicted molar refractivity (Wildman–Crippen MR) is 82.1 cm³/mol. The Hall–Kier alpha value is 0.0500. The zero-order chi connectivity index (χ0) is 14.3. The molecule has 2 rings (SSSR count). The van der Waals surface area contributed by atoms with Crippen LogP contribution in [0.25, 0.3) is 0 Å². The molecule has 7 heteroatoms. The van der Waals surface area contributed by atoms with Crippen molar-refractivity contribution >= 4 is 37.3 Å². The van der Waals surface area contributed by atoms with E-state index in [1.54, 1.807) is 18.5 Å². The van der Waals surface area contributed by atoms with E-state index in [4.69, 9.17) is 0 Å². The van der Waals surface area contributed by atoms with Gasteiger partial charge in [0.1, 0.15) is 4.21 Å². The average Bonchev–Trinajstić information content (AvgIpc) is 2.69. The molecule has 0 bridgehead atoms. The van der Waals surface area contributed by atoms with Gasteiger partial charge >= 0.3 is 0 Å². The van der Waals surface area contributed by atoms with Crippen molar-refractivity contribution in [3.05, 3.63) is 15.9 Å². The highest BCUT2D eigenvalue weighted by atomic mass is 79.9. The first-order chi connectivity index (χ1) is 8.79. The molecule has 1 saturated carbocycles. The molecule has 0 radical (unpaired) electrons. The van der Waals surface area contributed by atoms with Crippen molar-refractivity contribution < 1.29 is 8.42 Å². The molecule has 0 unspecified atom stereocenters. The van der Waals surface area contributed by atoms with Crippen molar-refractivity contribution in [3.8, 4) is 0 Å². The molecule has 1 aromatic rings. The van der Waals surface area contributed by atoms with Crippen molar-refractivity contribution in [2.75, 3.05) is 27.7 Å². The number of likely N-dealkylation sites (N-methyl/N-ethyl adjacent to an activating group) is 2. The maximum atomic E-state index is 12.5. The second-order valence-electron chi connectivity index (χ2n) is 5.29. The molecule has 1 aliphatic carbocycles. The number of rotatable bonds is 5. The molecule has 1 fully saturated rings. The van der Waals surface area contributed by atoms with Crippen molar-refractivity contribution in [1.29, 1.82) is 0 Å². The summed E-state index contributed by atoms with van der Waals surface area (Å²) in [7, 11) is 2.34. The summed E-state index contributed by atoms with van der Waals surface area (Å²) in [5.41, 5.74) is 0.00551. The van der Waals surface area contributed by atoms with E-state index in [0.29, 0.717) is 15.2 Å². The fourth-order valence-corrected chi connectivity index (χ4v) is 6.19. The Balaban J connectivity index is 2.20. The molecule has 1 heterocycles. The number of hydrogen-bond acceptors (Lipinski definition) is 4. The molecule has 0 spiro atoms. The lowest BCUT2D eigenvalue weighted by molar-refractivity contribution is 0.0455. The van der Waals surface area contributed by atoms with Gasteiger partial charge in [-0.15, -0.1) is 11.3 Å². The van der Waals surface area contributed by atoms with E-state index < -0.39 is 10.0 Å². The Morgan fingerprint density at radius 1 is 1.37 bits per heavy atom. The van der Waals surface area contributed by atoms with Crippen molar-refractivity contribution in [3.63, 3.8) is 0 Å². The van der Waals surface area contributed by atoms with Crippen LogP contribution in [-0.2, 0) is 10.0 Å².